The van der Waals surface area contributed by atoms with Crippen molar-refractivity contribution >= 4 is 59.2 Å². The van der Waals surface area contributed by atoms with E-state index < -0.39 is 150 Å². The average molecular weight is 963 g/mol. The van der Waals surface area contributed by atoms with Gasteiger partial charge in [0.15, 0.2) is 23.3 Å². The number of aromatic hydroxyl groups is 1. The Morgan fingerprint density at radius 1 is 0.838 bits per heavy atom. The third kappa shape index (κ3) is 16.8. The lowest BCUT2D eigenvalue weighted by Gasteiger charge is -2.29. The van der Waals surface area contributed by atoms with Crippen molar-refractivity contribution in [1.29, 1.82) is 0 Å². The zero-order valence-electron chi connectivity index (χ0n) is 38.7. The third-order valence-corrected chi connectivity index (χ3v) is 12.5. The molecule has 2 aliphatic rings. The quantitative estimate of drug-likeness (QED) is 0.0331. The smallest absolute Gasteiger partial charge is 0.419 e. The van der Waals surface area contributed by atoms with E-state index in [2.05, 4.69) is 25.9 Å². The van der Waals surface area contributed by atoms with Crippen LogP contribution in [0.1, 0.15) is 109 Å². The molecular weight excluding hydrogens is 898 g/mol. The summed E-state index contributed by atoms with van der Waals surface area (Å²) in [6.45, 7) is 6.66. The first-order chi connectivity index (χ1) is 31.8. The van der Waals surface area contributed by atoms with Crippen LogP contribution in [0.5, 0.6) is 5.75 Å². The number of phenols is 1. The van der Waals surface area contributed by atoms with Crippen molar-refractivity contribution in [3.05, 3.63) is 41.1 Å². The number of benzene rings is 1. The van der Waals surface area contributed by atoms with Gasteiger partial charge >= 0.3 is 18.1 Å². The number of carboxylic acid groups (broad SMARTS) is 2. The van der Waals surface area contributed by atoms with Gasteiger partial charge < -0.3 is 48.5 Å². The number of guanidine groups is 1. The van der Waals surface area contributed by atoms with E-state index in [1.807, 2.05) is 0 Å². The number of phenolic OH excluding ortho intramolecular Hbond substituents is 1. The van der Waals surface area contributed by atoms with Gasteiger partial charge in [-0.3, -0.25) is 48.3 Å². The lowest BCUT2D eigenvalue weighted by Crippen LogP contribution is -2.51. The standard InChI is InChI=1S/C46H65F3N8O11/c1-5-24(4)30(42(65)57-35(19-26-9-7-15-53-26)40(63)27-10-6-11-28(27)44(67)68)21-38(60)34(18-25-13-14-36(58)31(17-25)46(47,48)49)56-41(64)29(23(2)3)20-37(59)33(12-8-16-54-45(51)52)55-43(66)32(50)22-39(61)62/h9,13-15,17,23-24,27-30,32-35,58H,5-8,10-12,16,18-22,50H2,1-4H3,(H,55,66)(H,56,64)(H,57,65)(H,61,62)(H,67,68)(H4,51,52,54)/t24-,27?,28+,29-,30-,32-,33-,34-,35?/m0/s1. The Bertz CT molecular complexity index is 2110. The number of amides is 3. The predicted octanol–water partition coefficient (Wildman–Crippen LogP) is 2.93. The van der Waals surface area contributed by atoms with Gasteiger partial charge in [-0.1, -0.05) is 52.7 Å². The number of hydrogen-bond donors (Lipinski definition) is 9. The van der Waals surface area contributed by atoms with E-state index in [1.54, 1.807) is 40.0 Å². The zero-order chi connectivity index (χ0) is 51.0. The molecule has 22 heteroatoms. The summed E-state index contributed by atoms with van der Waals surface area (Å²) in [4.78, 5) is 115. The molecule has 1 fully saturated rings. The molecule has 0 radical (unpaired) electrons. The monoisotopic (exact) mass is 962 g/mol. The first-order valence-electron chi connectivity index (χ1n) is 22.7. The first kappa shape index (κ1) is 56.1. The van der Waals surface area contributed by atoms with Crippen LogP contribution in [0.2, 0.25) is 0 Å². The van der Waals surface area contributed by atoms with E-state index in [0.717, 1.165) is 12.1 Å². The molecule has 1 aromatic rings. The number of carboxylic acids is 2. The maximum atomic E-state index is 14.5. The van der Waals surface area contributed by atoms with Gasteiger partial charge in [0.2, 0.25) is 17.7 Å². The second-order valence-electron chi connectivity index (χ2n) is 17.9. The van der Waals surface area contributed by atoms with Gasteiger partial charge in [0.05, 0.1) is 42.1 Å². The largest absolute Gasteiger partial charge is 0.507 e. The fourth-order valence-corrected chi connectivity index (χ4v) is 8.37. The van der Waals surface area contributed by atoms with Crippen molar-refractivity contribution in [2.75, 3.05) is 6.54 Å². The number of carbonyl (C=O) groups is 8. The van der Waals surface area contributed by atoms with Crippen molar-refractivity contribution in [2.24, 2.45) is 62.7 Å². The number of rotatable bonds is 28. The Balaban J connectivity index is 2.00. The number of aliphatic imine (C=N–C) groups is 2. The SMILES string of the molecule is CC[C@H](C)[C@H](CC(=O)[C@H](Cc1ccc(O)c(C(F)(F)F)c1)NC(=O)[C@@H](CC(=O)[C@H](CCCN=C(N)N)NC(=O)[C@@H](N)CC(=O)O)C(C)C)C(=O)NC(CC1=CCC=N1)C(=O)C1CCC[C@H]1C(=O)O. The highest BCUT2D eigenvalue weighted by atomic mass is 19.4. The Labute approximate surface area is 392 Å². The number of alkyl halides is 3. The normalized spacial score (nSPS) is 18.8. The molecule has 1 aliphatic heterocycles. The maximum Gasteiger partial charge on any atom is 0.419 e. The van der Waals surface area contributed by atoms with Crippen LogP contribution in [0.4, 0.5) is 13.2 Å². The molecule has 3 amide bonds. The van der Waals surface area contributed by atoms with E-state index in [9.17, 15) is 61.7 Å². The van der Waals surface area contributed by atoms with Gasteiger partial charge in [-0.25, -0.2) is 0 Å². The summed E-state index contributed by atoms with van der Waals surface area (Å²) in [6, 6.07) is -3.10. The lowest BCUT2D eigenvalue weighted by molar-refractivity contribution is -0.146. The zero-order valence-corrected chi connectivity index (χ0v) is 38.7. The van der Waals surface area contributed by atoms with Crippen LogP contribution in [0.15, 0.2) is 40.0 Å². The fraction of sp³-hybridized carbons (Fsp3) is 0.609. The number of carbonyl (C=O) groups excluding carboxylic acids is 6. The van der Waals surface area contributed by atoms with Gasteiger partial charge in [-0.15, -0.1) is 0 Å². The maximum absolute atomic E-state index is 14.5. The van der Waals surface area contributed by atoms with E-state index in [4.69, 9.17) is 22.3 Å². The summed E-state index contributed by atoms with van der Waals surface area (Å²) in [5, 5.41) is 36.8. The highest BCUT2D eigenvalue weighted by Gasteiger charge is 2.43. The molecule has 68 heavy (non-hydrogen) atoms. The number of nitrogens with zero attached hydrogens (tertiary/aromatic N) is 2. The Kier molecular flexibility index (Phi) is 21.3. The van der Waals surface area contributed by atoms with Crippen LogP contribution in [-0.2, 0) is 51.0 Å². The van der Waals surface area contributed by atoms with Gasteiger partial charge in [0, 0.05) is 61.9 Å². The van der Waals surface area contributed by atoms with Crippen LogP contribution in [-0.4, -0.2) is 105 Å². The van der Waals surface area contributed by atoms with Crippen molar-refractivity contribution in [3.8, 4) is 5.75 Å². The summed E-state index contributed by atoms with van der Waals surface area (Å²) in [5.41, 5.74) is 15.5. The van der Waals surface area contributed by atoms with Crippen LogP contribution in [0.3, 0.4) is 0 Å². The summed E-state index contributed by atoms with van der Waals surface area (Å²) < 4.78 is 41.9. The van der Waals surface area contributed by atoms with Crippen molar-refractivity contribution in [1.82, 2.24) is 16.0 Å². The summed E-state index contributed by atoms with van der Waals surface area (Å²) >= 11 is 0. The summed E-state index contributed by atoms with van der Waals surface area (Å²) in [7, 11) is 0. The number of halogens is 3. The van der Waals surface area contributed by atoms with Gasteiger partial charge in [-0.2, -0.15) is 13.2 Å². The second kappa shape index (κ2) is 25.8. The molecule has 2 unspecified atom stereocenters. The number of nitrogens with one attached hydrogen (secondary N) is 3. The Morgan fingerprint density at radius 2 is 1.44 bits per heavy atom. The molecule has 376 valence electrons. The molecular formula is C46H65F3N8O11. The number of ketones is 3. The molecule has 1 aromatic carbocycles. The van der Waals surface area contributed by atoms with Crippen LogP contribution in [0, 0.1) is 35.5 Å². The number of hydrogen-bond acceptors (Lipinski definition) is 12. The number of Topliss-reactive ketones (excluding diaryl/α,β-unsaturated/α-hetero) is 3. The van der Waals surface area contributed by atoms with E-state index in [-0.39, 0.29) is 43.8 Å². The van der Waals surface area contributed by atoms with Crippen LogP contribution < -0.4 is 33.2 Å². The molecule has 1 aliphatic carbocycles. The topological polar surface area (TPSA) is 336 Å². The Morgan fingerprint density at radius 3 is 2.01 bits per heavy atom. The predicted molar refractivity (Wildman–Crippen MR) is 243 cm³/mol. The van der Waals surface area contributed by atoms with E-state index in [1.165, 1.54) is 0 Å². The molecule has 9 atom stereocenters. The molecule has 19 nitrogen and oxygen atoms in total. The third-order valence-electron chi connectivity index (χ3n) is 12.5. The molecule has 0 saturated heterocycles. The molecule has 0 bridgehead atoms. The van der Waals surface area contributed by atoms with Gasteiger partial charge in [0.25, 0.3) is 0 Å². The van der Waals surface area contributed by atoms with E-state index >= 15 is 0 Å². The number of aliphatic carboxylic acids is 2. The van der Waals surface area contributed by atoms with Crippen molar-refractivity contribution in [3.63, 3.8) is 0 Å². The molecule has 0 spiro atoms. The van der Waals surface area contributed by atoms with Gasteiger partial charge in [-0.05, 0) is 61.6 Å². The minimum atomic E-state index is -5.00. The van der Waals surface area contributed by atoms with Crippen molar-refractivity contribution in [2.45, 2.75) is 135 Å². The molecule has 0 aromatic heterocycles. The minimum absolute atomic E-state index is 0.0410. The van der Waals surface area contributed by atoms with Crippen LogP contribution >= 0.6 is 0 Å². The van der Waals surface area contributed by atoms with E-state index in [0.29, 0.717) is 37.4 Å². The Hall–Kier alpha value is -6.19. The molecule has 3 rings (SSSR count). The molecule has 1 heterocycles. The number of allylic oxidation sites excluding steroid dienone is 1. The van der Waals surface area contributed by atoms with Crippen LogP contribution in [0.25, 0.3) is 0 Å². The second-order valence-corrected chi connectivity index (χ2v) is 17.9. The molecule has 1 saturated carbocycles. The minimum Gasteiger partial charge on any atom is -0.507 e. The first-order valence-corrected chi connectivity index (χ1v) is 22.7. The summed E-state index contributed by atoms with van der Waals surface area (Å²) in [6.07, 6.45) is -2.12. The molecule has 12 N–H and O–H groups in total. The number of nitrogens with two attached hydrogens (primary N) is 3. The lowest BCUT2D eigenvalue weighted by atomic mass is 9.82. The van der Waals surface area contributed by atoms with Gasteiger partial charge in [0.1, 0.15) is 5.75 Å². The van der Waals surface area contributed by atoms with Crippen molar-refractivity contribution < 1.29 is 66.8 Å². The average Bonchev–Trinajstić information content (AvgIpc) is 3.97. The fourth-order valence-electron chi connectivity index (χ4n) is 8.37. The summed E-state index contributed by atoms with van der Waals surface area (Å²) in [5.74, 6) is -13.7. The highest BCUT2D eigenvalue weighted by Crippen LogP contribution is 2.37. The highest BCUT2D eigenvalue weighted by molar-refractivity contribution is 5.98.